The average Bonchev–Trinajstić information content (AvgIpc) is 2.74. The highest BCUT2D eigenvalue weighted by Gasteiger charge is 2.27. The fourth-order valence-electron chi connectivity index (χ4n) is 4.18. The third-order valence-electron chi connectivity index (χ3n) is 5.99. The third kappa shape index (κ3) is 9.05. The van der Waals surface area contributed by atoms with Gasteiger partial charge in [0.05, 0.1) is 20.3 Å². The summed E-state index contributed by atoms with van der Waals surface area (Å²) in [7, 11) is 1.37. The lowest BCUT2D eigenvalue weighted by molar-refractivity contribution is -0.145. The van der Waals surface area contributed by atoms with Gasteiger partial charge >= 0.3 is 0 Å². The molecule has 0 saturated heterocycles. The quantitative estimate of drug-likeness (QED) is 0.330. The van der Waals surface area contributed by atoms with Crippen LogP contribution in [0, 0.1) is 17.8 Å². The second-order valence-corrected chi connectivity index (χ2v) is 8.80. The summed E-state index contributed by atoms with van der Waals surface area (Å²) in [5.74, 6) is -0.237. The van der Waals surface area contributed by atoms with Crippen LogP contribution in [0.25, 0.3) is 0 Å². The predicted octanol–water partition coefficient (Wildman–Crippen LogP) is 7.87. The van der Waals surface area contributed by atoms with E-state index in [0.717, 1.165) is 12.5 Å². The summed E-state index contributed by atoms with van der Waals surface area (Å²) < 4.78 is 44.6. The molecule has 0 aromatic heterocycles. The van der Waals surface area contributed by atoms with Crippen LogP contribution in [0.2, 0.25) is 0 Å². The van der Waals surface area contributed by atoms with Crippen LogP contribution in [-0.4, -0.2) is 26.6 Å². The first-order chi connectivity index (χ1) is 14.4. The van der Waals surface area contributed by atoms with E-state index in [1.54, 1.807) is 0 Å². The van der Waals surface area contributed by atoms with Crippen molar-refractivity contribution in [1.82, 2.24) is 0 Å². The van der Waals surface area contributed by atoms with Gasteiger partial charge in [0.25, 0.3) is 0 Å². The summed E-state index contributed by atoms with van der Waals surface area (Å²) in [5, 5.41) is 0. The van der Waals surface area contributed by atoms with Crippen molar-refractivity contribution in [2.45, 2.75) is 98.7 Å². The molecule has 0 heterocycles. The highest BCUT2D eigenvalue weighted by Crippen LogP contribution is 2.36. The summed E-state index contributed by atoms with van der Waals surface area (Å²) in [6.45, 7) is 11.3. The van der Waals surface area contributed by atoms with E-state index in [0.29, 0.717) is 30.9 Å². The molecule has 3 nitrogen and oxygen atoms in total. The number of hydrogen-bond donors (Lipinski definition) is 0. The minimum Gasteiger partial charge on any atom is -0.498 e. The van der Waals surface area contributed by atoms with Crippen LogP contribution in [0.5, 0.6) is 0 Å². The Bertz CT molecular complexity index is 537. The Labute approximate surface area is 183 Å². The molecule has 5 heteroatoms. The van der Waals surface area contributed by atoms with Crippen molar-refractivity contribution >= 4 is 0 Å². The second kappa shape index (κ2) is 15.0. The van der Waals surface area contributed by atoms with Crippen molar-refractivity contribution in [2.75, 3.05) is 20.3 Å². The van der Waals surface area contributed by atoms with E-state index >= 15 is 0 Å². The molecule has 2 rings (SSSR count). The maximum atomic E-state index is 14.2. The standard InChI is InChI=1S/C22H36F2O3.C3H8/c1-5-6-17-7-9-18(10-8-17)14-27-16(3)26-13-15(2)19-11-12-20(25-4)22(24)21(19)23;1-3-2/h15-18H,5-14H2,1-4H3;3H2,1-2H3. The minimum atomic E-state index is -0.867. The number of hydrogen-bond acceptors (Lipinski definition) is 3. The summed E-state index contributed by atoms with van der Waals surface area (Å²) in [6.07, 6.45) is 9.48. The van der Waals surface area contributed by atoms with Crippen LogP contribution in [0.4, 0.5) is 8.78 Å². The first-order valence-electron chi connectivity index (χ1n) is 11.9. The van der Waals surface area contributed by atoms with E-state index in [-0.39, 0.29) is 18.0 Å². The highest BCUT2D eigenvalue weighted by atomic mass is 19.2. The van der Waals surface area contributed by atoms with Crippen LogP contribution in [-0.2, 0) is 14.2 Å². The predicted molar refractivity (Wildman–Crippen MR) is 119 cm³/mol. The molecule has 1 saturated carbocycles. The monoisotopic (exact) mass is 430 g/mol. The topological polar surface area (TPSA) is 27.7 Å². The van der Waals surface area contributed by atoms with Gasteiger partial charge in [-0.15, -0.1) is 0 Å². The van der Waals surface area contributed by atoms with E-state index in [1.807, 2.05) is 13.8 Å². The largest absolute Gasteiger partial charge is 0.498 e. The van der Waals surface area contributed by atoms with Gasteiger partial charge < -0.3 is 14.2 Å². The molecule has 0 aliphatic heterocycles. The Balaban J connectivity index is 0.00000141. The number of ether oxygens (including phenoxy) is 3. The lowest BCUT2D eigenvalue weighted by atomic mass is 9.80. The Hall–Kier alpha value is -0.940. The van der Waals surface area contributed by atoms with Gasteiger partial charge in [-0.1, -0.05) is 59.8 Å². The normalized spacial score (nSPS) is 24.3. The first kappa shape index (κ1) is 27.1. The van der Waals surface area contributed by atoms with E-state index in [4.69, 9.17) is 14.2 Å². The van der Waals surface area contributed by atoms with E-state index in [1.165, 1.54) is 52.1 Å². The van der Waals surface area contributed by atoms with Crippen molar-refractivity contribution in [3.05, 3.63) is 23.0 Å². The van der Waals surface area contributed by atoms with Crippen molar-refractivity contribution in [3.63, 3.8) is 0 Å². The van der Waals surface area contributed by atoms with Crippen LogP contribution in [0.3, 0.4) is 0 Å². The first-order valence-corrected chi connectivity index (χ1v) is 11.9. The zero-order valence-corrected chi connectivity index (χ0v) is 20.1. The zero-order chi connectivity index (χ0) is 22.5. The summed E-state index contributed by atoms with van der Waals surface area (Å²) >= 11 is 0. The number of allylic oxidation sites excluding steroid dienone is 3. The molecule has 0 amide bonds. The summed E-state index contributed by atoms with van der Waals surface area (Å²) in [4.78, 5) is 0. The zero-order valence-electron chi connectivity index (χ0n) is 20.1. The molecule has 0 spiro atoms. The van der Waals surface area contributed by atoms with Gasteiger partial charge in [-0.2, -0.15) is 0 Å². The van der Waals surface area contributed by atoms with Gasteiger partial charge in [-0.05, 0) is 43.6 Å². The molecule has 0 aromatic rings. The average molecular weight is 431 g/mol. The van der Waals surface area contributed by atoms with Crippen LogP contribution >= 0.6 is 0 Å². The molecule has 2 atom stereocenters. The SMILES string of the molecule is CCC.CCCC1CCC(COC(C)OCC(C)C2=C(F)C(F)=C(OC)CC2)CC1. The van der Waals surface area contributed by atoms with Gasteiger partial charge in [0.15, 0.2) is 17.9 Å². The number of halogens is 2. The Morgan fingerprint density at radius 2 is 1.50 bits per heavy atom. The number of methoxy groups -OCH3 is 1. The Morgan fingerprint density at radius 1 is 0.900 bits per heavy atom. The van der Waals surface area contributed by atoms with Crippen molar-refractivity contribution in [2.24, 2.45) is 17.8 Å². The molecular formula is C25H44F2O3. The maximum Gasteiger partial charge on any atom is 0.196 e. The molecule has 30 heavy (non-hydrogen) atoms. The molecule has 0 aromatic carbocycles. The molecule has 0 bridgehead atoms. The molecule has 2 aliphatic rings. The second-order valence-electron chi connectivity index (χ2n) is 8.80. The van der Waals surface area contributed by atoms with E-state index < -0.39 is 11.7 Å². The summed E-state index contributed by atoms with van der Waals surface area (Å²) in [5.41, 5.74) is 0.467. The lowest BCUT2D eigenvalue weighted by Crippen LogP contribution is -2.24. The fourth-order valence-corrected chi connectivity index (χ4v) is 4.18. The maximum absolute atomic E-state index is 14.2. The smallest absolute Gasteiger partial charge is 0.196 e. The molecule has 1 fully saturated rings. The molecule has 176 valence electrons. The fraction of sp³-hybridized carbons (Fsp3) is 0.840. The van der Waals surface area contributed by atoms with Gasteiger partial charge in [0.2, 0.25) is 0 Å². The van der Waals surface area contributed by atoms with Gasteiger partial charge in [0.1, 0.15) is 5.76 Å². The molecule has 0 radical (unpaired) electrons. The van der Waals surface area contributed by atoms with Crippen LogP contribution < -0.4 is 0 Å². The van der Waals surface area contributed by atoms with Crippen LogP contribution in [0.15, 0.2) is 23.0 Å². The van der Waals surface area contributed by atoms with Gasteiger partial charge in [0, 0.05) is 12.3 Å². The highest BCUT2D eigenvalue weighted by molar-refractivity contribution is 5.33. The molecule has 0 N–H and O–H groups in total. The van der Waals surface area contributed by atoms with Gasteiger partial charge in [-0.3, -0.25) is 0 Å². The van der Waals surface area contributed by atoms with Crippen molar-refractivity contribution in [3.8, 4) is 0 Å². The number of rotatable bonds is 10. The van der Waals surface area contributed by atoms with E-state index in [9.17, 15) is 8.78 Å². The third-order valence-corrected chi connectivity index (χ3v) is 5.99. The lowest BCUT2D eigenvalue weighted by Gasteiger charge is -2.29. The molecular weight excluding hydrogens is 386 g/mol. The minimum absolute atomic E-state index is 0.0923. The van der Waals surface area contributed by atoms with Crippen molar-refractivity contribution in [1.29, 1.82) is 0 Å². The molecule has 2 unspecified atom stereocenters. The summed E-state index contributed by atoms with van der Waals surface area (Å²) in [6, 6.07) is 0. The van der Waals surface area contributed by atoms with Gasteiger partial charge in [-0.25, -0.2) is 8.78 Å². The van der Waals surface area contributed by atoms with Crippen LogP contribution in [0.1, 0.15) is 92.4 Å². The molecule has 2 aliphatic carbocycles. The van der Waals surface area contributed by atoms with Crippen molar-refractivity contribution < 1.29 is 23.0 Å². The van der Waals surface area contributed by atoms with E-state index in [2.05, 4.69) is 20.8 Å². The Kier molecular flexibility index (Phi) is 13.5. The Morgan fingerprint density at radius 3 is 2.07 bits per heavy atom.